The normalized spacial score (nSPS) is 13.6. The molecule has 0 bridgehead atoms. The second-order valence-electron chi connectivity index (χ2n) is 9.43. The molecule has 4 aromatic rings. The number of amides is 1. The lowest BCUT2D eigenvalue weighted by atomic mass is 10.1. The number of aromatic nitrogens is 3. The van der Waals surface area contributed by atoms with E-state index in [9.17, 15) is 14.9 Å². The second kappa shape index (κ2) is 11.0. The summed E-state index contributed by atoms with van der Waals surface area (Å²) in [5, 5.41) is 23.9. The topological polar surface area (TPSA) is 115 Å². The molecule has 1 aliphatic rings. The Labute approximate surface area is 220 Å². The van der Waals surface area contributed by atoms with E-state index in [2.05, 4.69) is 34.6 Å². The maximum Gasteiger partial charge on any atom is 0.293 e. The maximum atomic E-state index is 13.1. The number of carbonyl (C=O) groups excluding carboxylic acids is 1. The van der Waals surface area contributed by atoms with E-state index in [0.717, 1.165) is 30.5 Å². The molecule has 196 valence electrons. The van der Waals surface area contributed by atoms with Crippen molar-refractivity contribution in [2.24, 2.45) is 0 Å². The number of unbranched alkanes of at least 4 members (excludes halogenated alkanes) is 1. The molecule has 0 atom stereocenters. The fourth-order valence-corrected chi connectivity index (χ4v) is 4.57. The Bertz CT molecular complexity index is 1470. The van der Waals surface area contributed by atoms with Crippen molar-refractivity contribution < 1.29 is 14.5 Å². The number of carbonyl (C=O) groups is 1. The van der Waals surface area contributed by atoms with E-state index in [1.54, 1.807) is 23.0 Å². The predicted octanol–water partition coefficient (Wildman–Crippen LogP) is 5.07. The van der Waals surface area contributed by atoms with E-state index in [1.165, 1.54) is 11.6 Å². The number of anilines is 2. The van der Waals surface area contributed by atoms with Crippen LogP contribution in [0.1, 0.15) is 41.3 Å². The molecule has 10 nitrogen and oxygen atoms in total. The van der Waals surface area contributed by atoms with Crippen LogP contribution in [-0.4, -0.2) is 52.1 Å². The second-order valence-corrected chi connectivity index (χ2v) is 9.43. The minimum absolute atomic E-state index is 0.102. The molecule has 10 heteroatoms. The summed E-state index contributed by atoms with van der Waals surface area (Å²) in [5.74, 6) is -0.431. The van der Waals surface area contributed by atoms with Gasteiger partial charge in [-0.15, -0.1) is 10.2 Å². The smallest absolute Gasteiger partial charge is 0.293 e. The molecular formula is C28H30N6O4. The van der Waals surface area contributed by atoms with Gasteiger partial charge in [-0.25, -0.2) is 0 Å². The Balaban J connectivity index is 1.37. The molecule has 1 N–H and O–H groups in total. The third kappa shape index (κ3) is 5.35. The molecule has 1 saturated heterocycles. The first-order valence-electron chi connectivity index (χ1n) is 12.8. The first-order chi connectivity index (χ1) is 18.4. The Kier molecular flexibility index (Phi) is 7.32. The zero-order chi connectivity index (χ0) is 26.6. The molecule has 0 radical (unpaired) electrons. The summed E-state index contributed by atoms with van der Waals surface area (Å²) in [6.07, 6.45) is 3.36. The fourth-order valence-electron chi connectivity index (χ4n) is 4.57. The monoisotopic (exact) mass is 514 g/mol. The van der Waals surface area contributed by atoms with Crippen LogP contribution in [0, 0.1) is 17.0 Å². The van der Waals surface area contributed by atoms with Crippen molar-refractivity contribution in [3.63, 3.8) is 0 Å². The summed E-state index contributed by atoms with van der Waals surface area (Å²) in [6, 6.07) is 16.4. The van der Waals surface area contributed by atoms with Crippen LogP contribution in [0.15, 0.2) is 54.6 Å². The lowest BCUT2D eigenvalue weighted by Gasteiger charge is -2.28. The van der Waals surface area contributed by atoms with Gasteiger partial charge in [0.2, 0.25) is 0 Å². The van der Waals surface area contributed by atoms with E-state index >= 15 is 0 Å². The van der Waals surface area contributed by atoms with Crippen molar-refractivity contribution in [2.45, 2.75) is 33.1 Å². The molecule has 2 heterocycles. The van der Waals surface area contributed by atoms with Gasteiger partial charge in [0, 0.05) is 30.4 Å². The number of hydrogen-bond donors (Lipinski definition) is 1. The van der Waals surface area contributed by atoms with Crippen molar-refractivity contribution in [2.75, 3.05) is 36.5 Å². The largest absolute Gasteiger partial charge is 0.378 e. The van der Waals surface area contributed by atoms with Gasteiger partial charge in [-0.2, -0.15) is 4.80 Å². The van der Waals surface area contributed by atoms with Crippen molar-refractivity contribution in [3.8, 4) is 5.69 Å². The summed E-state index contributed by atoms with van der Waals surface area (Å²) in [4.78, 5) is 27.9. The summed E-state index contributed by atoms with van der Waals surface area (Å²) >= 11 is 0. The van der Waals surface area contributed by atoms with E-state index in [0.29, 0.717) is 48.7 Å². The zero-order valence-electron chi connectivity index (χ0n) is 21.5. The Morgan fingerprint density at radius 3 is 2.45 bits per heavy atom. The maximum absolute atomic E-state index is 13.1. The van der Waals surface area contributed by atoms with E-state index in [1.807, 2.05) is 30.0 Å². The van der Waals surface area contributed by atoms with Crippen molar-refractivity contribution in [1.82, 2.24) is 15.0 Å². The van der Waals surface area contributed by atoms with Crippen molar-refractivity contribution in [3.05, 3.63) is 81.4 Å². The lowest BCUT2D eigenvalue weighted by molar-refractivity contribution is -0.384. The van der Waals surface area contributed by atoms with Crippen LogP contribution in [-0.2, 0) is 11.2 Å². The molecule has 0 saturated carbocycles. The molecule has 1 fully saturated rings. The number of rotatable bonds is 8. The molecule has 1 aliphatic heterocycles. The average molecular weight is 515 g/mol. The first kappa shape index (κ1) is 25.3. The van der Waals surface area contributed by atoms with Gasteiger partial charge in [0.05, 0.1) is 23.8 Å². The fraction of sp³-hybridized carbons (Fsp3) is 0.321. The third-order valence-electron chi connectivity index (χ3n) is 6.75. The summed E-state index contributed by atoms with van der Waals surface area (Å²) in [6.45, 7) is 6.20. The van der Waals surface area contributed by atoms with Crippen LogP contribution in [0.25, 0.3) is 16.7 Å². The highest BCUT2D eigenvalue weighted by atomic mass is 16.6. The van der Waals surface area contributed by atoms with Crippen LogP contribution in [0.2, 0.25) is 0 Å². The molecule has 1 aromatic heterocycles. The number of nitrogens with zero attached hydrogens (tertiary/aromatic N) is 5. The molecule has 0 aliphatic carbocycles. The number of nitro groups is 1. The van der Waals surface area contributed by atoms with E-state index < -0.39 is 10.8 Å². The van der Waals surface area contributed by atoms with Crippen LogP contribution < -0.4 is 10.2 Å². The van der Waals surface area contributed by atoms with Crippen molar-refractivity contribution in [1.29, 1.82) is 0 Å². The van der Waals surface area contributed by atoms with Gasteiger partial charge in [0.1, 0.15) is 16.7 Å². The number of morpholine rings is 1. The molecule has 0 spiro atoms. The van der Waals surface area contributed by atoms with Gasteiger partial charge in [-0.3, -0.25) is 14.9 Å². The molecule has 1 amide bonds. The highest BCUT2D eigenvalue weighted by molar-refractivity contribution is 6.06. The van der Waals surface area contributed by atoms with E-state index in [4.69, 9.17) is 4.74 Å². The number of benzene rings is 3. The average Bonchev–Trinajstić information content (AvgIpc) is 3.35. The Morgan fingerprint density at radius 2 is 1.76 bits per heavy atom. The molecular weight excluding hydrogens is 484 g/mol. The van der Waals surface area contributed by atoms with Gasteiger partial charge in [0.15, 0.2) is 0 Å². The van der Waals surface area contributed by atoms with Crippen LogP contribution in [0.4, 0.5) is 17.1 Å². The number of hydrogen-bond acceptors (Lipinski definition) is 7. The van der Waals surface area contributed by atoms with Gasteiger partial charge >= 0.3 is 0 Å². The number of aryl methyl sites for hydroxylation is 2. The predicted molar refractivity (Wildman–Crippen MR) is 146 cm³/mol. The molecule has 3 aromatic carbocycles. The standard InChI is InChI=1S/C28H30N6O4/c1-3-4-5-20-6-9-22(10-7-20)33-30-24-16-19(2)23(18-25(24)31-33)29-28(35)21-8-11-26(27(17-21)34(36)37)32-12-14-38-15-13-32/h6-11,16-18H,3-5,12-15H2,1-2H3,(H,29,35). The van der Waals surface area contributed by atoms with Gasteiger partial charge in [-0.05, 0) is 67.3 Å². The van der Waals surface area contributed by atoms with Gasteiger partial charge < -0.3 is 15.0 Å². The number of nitrogens with one attached hydrogen (secondary N) is 1. The zero-order valence-corrected chi connectivity index (χ0v) is 21.5. The first-order valence-corrected chi connectivity index (χ1v) is 12.8. The summed E-state index contributed by atoms with van der Waals surface area (Å²) in [7, 11) is 0. The Hall–Kier alpha value is -4.31. The molecule has 5 rings (SSSR count). The number of fused-ring (bicyclic) bond motifs is 1. The van der Waals surface area contributed by atoms with Gasteiger partial charge in [-0.1, -0.05) is 25.5 Å². The highest BCUT2D eigenvalue weighted by Gasteiger charge is 2.23. The van der Waals surface area contributed by atoms with Crippen LogP contribution in [0.3, 0.4) is 0 Å². The minimum Gasteiger partial charge on any atom is -0.378 e. The quantitative estimate of drug-likeness (QED) is 0.258. The van der Waals surface area contributed by atoms with Crippen LogP contribution in [0.5, 0.6) is 0 Å². The van der Waals surface area contributed by atoms with Gasteiger partial charge in [0.25, 0.3) is 11.6 Å². The lowest BCUT2D eigenvalue weighted by Crippen LogP contribution is -2.36. The Morgan fingerprint density at radius 1 is 1.05 bits per heavy atom. The third-order valence-corrected chi connectivity index (χ3v) is 6.75. The summed E-state index contributed by atoms with van der Waals surface area (Å²) < 4.78 is 5.35. The van der Waals surface area contributed by atoms with Crippen molar-refractivity contribution >= 4 is 34.0 Å². The highest BCUT2D eigenvalue weighted by Crippen LogP contribution is 2.31. The molecule has 0 unspecified atom stereocenters. The molecule has 38 heavy (non-hydrogen) atoms. The van der Waals surface area contributed by atoms with Crippen LogP contribution >= 0.6 is 0 Å². The number of ether oxygens (including phenoxy) is 1. The summed E-state index contributed by atoms with van der Waals surface area (Å²) in [5.41, 5.74) is 5.47. The van der Waals surface area contributed by atoms with E-state index in [-0.39, 0.29) is 11.3 Å². The minimum atomic E-state index is -0.451. The number of nitro benzene ring substituents is 1. The SMILES string of the molecule is CCCCc1ccc(-n2nc3cc(C)c(NC(=O)c4ccc(N5CCOCC5)c([N+](=O)[O-])c4)cc3n2)cc1.